The molecule has 2 aromatic rings. The normalized spacial score (nSPS) is 10.3. The lowest BCUT2D eigenvalue weighted by Crippen LogP contribution is -1.90. The lowest BCUT2D eigenvalue weighted by Gasteiger charge is -2.04. The van der Waals surface area contributed by atoms with Gasteiger partial charge in [0.15, 0.2) is 5.82 Å². The highest BCUT2D eigenvalue weighted by Crippen LogP contribution is 2.23. The van der Waals surface area contributed by atoms with E-state index >= 15 is 0 Å². The van der Waals surface area contributed by atoms with Gasteiger partial charge >= 0.3 is 0 Å². The zero-order valence-electron chi connectivity index (χ0n) is 8.04. The molecule has 0 amide bonds. The standard InChI is InChI=1S/C11H8Cl2N2/c1-7-6-8(12)2-3-9(7)11-14-5-4-10(13)15-11/h2-6H,1H3. The summed E-state index contributed by atoms with van der Waals surface area (Å²) >= 11 is 11.7. The van der Waals surface area contributed by atoms with Crippen LogP contribution in [0.3, 0.4) is 0 Å². The zero-order valence-corrected chi connectivity index (χ0v) is 9.55. The van der Waals surface area contributed by atoms with E-state index in [1.54, 1.807) is 12.3 Å². The van der Waals surface area contributed by atoms with Gasteiger partial charge in [-0.25, -0.2) is 9.97 Å². The van der Waals surface area contributed by atoms with Gasteiger partial charge in [0, 0.05) is 16.8 Å². The molecule has 1 heterocycles. The van der Waals surface area contributed by atoms with E-state index in [9.17, 15) is 0 Å². The highest BCUT2D eigenvalue weighted by Gasteiger charge is 2.05. The van der Waals surface area contributed by atoms with Crippen LogP contribution >= 0.6 is 23.2 Å². The molecule has 0 aliphatic heterocycles. The Morgan fingerprint density at radius 1 is 1.13 bits per heavy atom. The molecule has 0 bridgehead atoms. The molecule has 2 nitrogen and oxygen atoms in total. The number of hydrogen-bond acceptors (Lipinski definition) is 2. The summed E-state index contributed by atoms with van der Waals surface area (Å²) in [6.07, 6.45) is 1.64. The topological polar surface area (TPSA) is 25.8 Å². The van der Waals surface area contributed by atoms with Gasteiger partial charge in [-0.3, -0.25) is 0 Å². The molecule has 0 radical (unpaired) electrons. The highest BCUT2D eigenvalue weighted by atomic mass is 35.5. The smallest absolute Gasteiger partial charge is 0.161 e. The maximum atomic E-state index is 5.87. The number of aryl methyl sites for hydroxylation is 1. The predicted molar refractivity (Wildman–Crippen MR) is 62.2 cm³/mol. The summed E-state index contributed by atoms with van der Waals surface area (Å²) in [6.45, 7) is 1.96. The second-order valence-electron chi connectivity index (χ2n) is 3.16. The minimum absolute atomic E-state index is 0.439. The summed E-state index contributed by atoms with van der Waals surface area (Å²) in [4.78, 5) is 8.31. The Bertz CT molecular complexity index is 498. The lowest BCUT2D eigenvalue weighted by atomic mass is 10.1. The Morgan fingerprint density at radius 3 is 2.60 bits per heavy atom. The van der Waals surface area contributed by atoms with Crippen molar-refractivity contribution < 1.29 is 0 Å². The van der Waals surface area contributed by atoms with Crippen LogP contribution in [0.1, 0.15) is 5.56 Å². The minimum Gasteiger partial charge on any atom is -0.236 e. The molecule has 1 aromatic heterocycles. The van der Waals surface area contributed by atoms with Crippen molar-refractivity contribution in [3.8, 4) is 11.4 Å². The molecule has 15 heavy (non-hydrogen) atoms. The average molecular weight is 239 g/mol. The molecule has 0 spiro atoms. The summed E-state index contributed by atoms with van der Waals surface area (Å²) in [5, 5.41) is 1.15. The fourth-order valence-corrected chi connectivity index (χ4v) is 1.71. The van der Waals surface area contributed by atoms with Gasteiger partial charge in [-0.15, -0.1) is 0 Å². The van der Waals surface area contributed by atoms with E-state index in [4.69, 9.17) is 23.2 Å². The Hall–Kier alpha value is -1.12. The van der Waals surface area contributed by atoms with E-state index in [0.717, 1.165) is 11.1 Å². The lowest BCUT2D eigenvalue weighted by molar-refractivity contribution is 1.17. The number of aromatic nitrogens is 2. The first-order valence-electron chi connectivity index (χ1n) is 4.42. The van der Waals surface area contributed by atoms with Crippen molar-refractivity contribution in [1.29, 1.82) is 0 Å². The van der Waals surface area contributed by atoms with E-state index in [1.165, 1.54) is 0 Å². The van der Waals surface area contributed by atoms with E-state index in [2.05, 4.69) is 9.97 Å². The van der Waals surface area contributed by atoms with Crippen LogP contribution in [0.4, 0.5) is 0 Å². The van der Waals surface area contributed by atoms with Crippen molar-refractivity contribution in [1.82, 2.24) is 9.97 Å². The minimum atomic E-state index is 0.439. The monoisotopic (exact) mass is 238 g/mol. The van der Waals surface area contributed by atoms with Gasteiger partial charge in [-0.05, 0) is 36.8 Å². The molecule has 0 saturated heterocycles. The van der Waals surface area contributed by atoms with Crippen LogP contribution in [-0.2, 0) is 0 Å². The first kappa shape index (κ1) is 10.4. The van der Waals surface area contributed by atoms with Gasteiger partial charge in [-0.1, -0.05) is 23.2 Å². The van der Waals surface area contributed by atoms with Gasteiger partial charge in [0.05, 0.1) is 0 Å². The first-order valence-corrected chi connectivity index (χ1v) is 5.17. The number of nitrogens with zero attached hydrogens (tertiary/aromatic N) is 2. The molecule has 0 aliphatic carbocycles. The van der Waals surface area contributed by atoms with Crippen molar-refractivity contribution >= 4 is 23.2 Å². The van der Waals surface area contributed by atoms with E-state index in [0.29, 0.717) is 16.0 Å². The van der Waals surface area contributed by atoms with Crippen molar-refractivity contribution in [2.45, 2.75) is 6.92 Å². The van der Waals surface area contributed by atoms with Crippen LogP contribution < -0.4 is 0 Å². The Morgan fingerprint density at radius 2 is 1.93 bits per heavy atom. The first-order chi connectivity index (χ1) is 7.16. The second kappa shape index (κ2) is 4.17. The summed E-state index contributed by atoms with van der Waals surface area (Å²) < 4.78 is 0. The largest absolute Gasteiger partial charge is 0.236 e. The van der Waals surface area contributed by atoms with Crippen molar-refractivity contribution in [3.63, 3.8) is 0 Å². The highest BCUT2D eigenvalue weighted by molar-refractivity contribution is 6.30. The fourth-order valence-electron chi connectivity index (χ4n) is 1.34. The second-order valence-corrected chi connectivity index (χ2v) is 3.99. The molecule has 2 rings (SSSR count). The Balaban J connectivity index is 2.54. The number of rotatable bonds is 1. The van der Waals surface area contributed by atoms with Gasteiger partial charge in [0.1, 0.15) is 5.15 Å². The maximum Gasteiger partial charge on any atom is 0.161 e. The van der Waals surface area contributed by atoms with Crippen LogP contribution in [0.2, 0.25) is 10.2 Å². The average Bonchev–Trinajstić information content (AvgIpc) is 2.17. The summed E-state index contributed by atoms with van der Waals surface area (Å²) in [5.74, 6) is 0.622. The van der Waals surface area contributed by atoms with Crippen molar-refractivity contribution in [3.05, 3.63) is 46.2 Å². The molecule has 0 N–H and O–H groups in total. The van der Waals surface area contributed by atoms with Crippen molar-refractivity contribution in [2.24, 2.45) is 0 Å². The molecule has 0 saturated carbocycles. The zero-order chi connectivity index (χ0) is 10.8. The Kier molecular flexibility index (Phi) is 2.89. The third-order valence-electron chi connectivity index (χ3n) is 2.05. The van der Waals surface area contributed by atoms with Crippen LogP contribution in [0.15, 0.2) is 30.5 Å². The molecule has 0 fully saturated rings. The SMILES string of the molecule is Cc1cc(Cl)ccc1-c1nccc(Cl)n1. The third-order valence-corrected chi connectivity index (χ3v) is 2.50. The van der Waals surface area contributed by atoms with Crippen LogP contribution in [0, 0.1) is 6.92 Å². The summed E-state index contributed by atoms with van der Waals surface area (Å²) in [6, 6.07) is 7.23. The number of benzene rings is 1. The fraction of sp³-hybridized carbons (Fsp3) is 0.0909. The molecular formula is C11H8Cl2N2. The number of halogens is 2. The molecule has 4 heteroatoms. The van der Waals surface area contributed by atoms with Crippen LogP contribution in [0.25, 0.3) is 11.4 Å². The summed E-state index contributed by atoms with van der Waals surface area (Å²) in [7, 11) is 0. The summed E-state index contributed by atoms with van der Waals surface area (Å²) in [5.41, 5.74) is 1.98. The maximum absolute atomic E-state index is 5.87. The van der Waals surface area contributed by atoms with Gasteiger partial charge in [-0.2, -0.15) is 0 Å². The number of hydrogen-bond donors (Lipinski definition) is 0. The van der Waals surface area contributed by atoms with Crippen LogP contribution in [0.5, 0.6) is 0 Å². The third kappa shape index (κ3) is 2.28. The van der Waals surface area contributed by atoms with E-state index < -0.39 is 0 Å². The molecular weight excluding hydrogens is 231 g/mol. The van der Waals surface area contributed by atoms with E-state index in [1.807, 2.05) is 25.1 Å². The molecule has 1 aromatic carbocycles. The molecule has 0 unspecified atom stereocenters. The Labute approximate surface area is 97.9 Å². The van der Waals surface area contributed by atoms with Crippen molar-refractivity contribution in [2.75, 3.05) is 0 Å². The predicted octanol–water partition coefficient (Wildman–Crippen LogP) is 3.76. The van der Waals surface area contributed by atoms with Gasteiger partial charge in [0.25, 0.3) is 0 Å². The quantitative estimate of drug-likeness (QED) is 0.708. The van der Waals surface area contributed by atoms with Gasteiger partial charge < -0.3 is 0 Å². The van der Waals surface area contributed by atoms with E-state index in [-0.39, 0.29) is 0 Å². The van der Waals surface area contributed by atoms with Crippen LogP contribution in [-0.4, -0.2) is 9.97 Å². The molecule has 0 aliphatic rings. The van der Waals surface area contributed by atoms with Gasteiger partial charge in [0.2, 0.25) is 0 Å². The molecule has 0 atom stereocenters. The molecule has 76 valence electrons.